The number of sulfonamides is 1. The van der Waals surface area contributed by atoms with Gasteiger partial charge in [-0.25, -0.2) is 8.42 Å². The summed E-state index contributed by atoms with van der Waals surface area (Å²) in [6.07, 6.45) is 1.34. The maximum Gasteiger partial charge on any atom is 0.244 e. The number of nitrogens with one attached hydrogen (secondary N) is 1. The van der Waals surface area contributed by atoms with E-state index in [-0.39, 0.29) is 18.9 Å². The number of likely N-dealkylation sites (N-methyl/N-ethyl adjacent to an activating group) is 1. The number of carbonyl (C=O) groups excluding carboxylic acids is 2. The summed E-state index contributed by atoms with van der Waals surface area (Å²) in [5, 5.41) is 3.21. The number of anilines is 1. The molecule has 0 aliphatic carbocycles. The minimum absolute atomic E-state index is 0.103. The number of halogens is 1. The summed E-state index contributed by atoms with van der Waals surface area (Å²) in [5.41, 5.74) is 3.77. The summed E-state index contributed by atoms with van der Waals surface area (Å²) in [6, 6.07) is 20.9. The molecule has 7 nitrogen and oxygen atoms in total. The lowest BCUT2D eigenvalue weighted by Crippen LogP contribution is -2.53. The van der Waals surface area contributed by atoms with Crippen molar-refractivity contribution in [2.24, 2.45) is 0 Å². The van der Waals surface area contributed by atoms with Gasteiger partial charge in [-0.05, 0) is 48.7 Å². The average Bonchev–Trinajstić information content (AvgIpc) is 2.85. The van der Waals surface area contributed by atoms with Gasteiger partial charge < -0.3 is 10.2 Å². The average molecular weight is 542 g/mol. The highest BCUT2D eigenvalue weighted by Crippen LogP contribution is 2.25. The lowest BCUT2D eigenvalue weighted by Gasteiger charge is -2.33. The lowest BCUT2D eigenvalue weighted by atomic mass is 10.0. The Labute approximate surface area is 224 Å². The molecule has 0 saturated carbocycles. The Morgan fingerprint density at radius 3 is 2.16 bits per heavy atom. The molecule has 0 aliphatic heterocycles. The molecule has 0 heterocycles. The Bertz CT molecular complexity index is 1350. The molecular formula is C28H32ClN3O4S. The Hall–Kier alpha value is -3.36. The molecule has 0 aliphatic rings. The largest absolute Gasteiger partial charge is 0.357 e. The van der Waals surface area contributed by atoms with E-state index in [9.17, 15) is 18.0 Å². The first-order chi connectivity index (χ1) is 17.5. The van der Waals surface area contributed by atoms with E-state index in [1.807, 2.05) is 43.3 Å². The van der Waals surface area contributed by atoms with E-state index >= 15 is 0 Å². The Kier molecular flexibility index (Phi) is 9.34. The van der Waals surface area contributed by atoms with Crippen molar-refractivity contribution in [1.29, 1.82) is 0 Å². The van der Waals surface area contributed by atoms with Crippen molar-refractivity contribution in [2.45, 2.75) is 32.9 Å². The zero-order chi connectivity index (χ0) is 27.2. The second-order valence-corrected chi connectivity index (χ2v) is 11.4. The van der Waals surface area contributed by atoms with Crippen LogP contribution in [0.3, 0.4) is 0 Å². The number of aryl methyl sites for hydroxylation is 2. The van der Waals surface area contributed by atoms with Crippen LogP contribution in [-0.4, -0.2) is 51.0 Å². The normalized spacial score (nSPS) is 12.0. The van der Waals surface area contributed by atoms with Gasteiger partial charge in [-0.3, -0.25) is 13.9 Å². The van der Waals surface area contributed by atoms with E-state index in [1.54, 1.807) is 43.3 Å². The highest BCUT2D eigenvalue weighted by atomic mass is 35.5. The van der Waals surface area contributed by atoms with Gasteiger partial charge in [0.25, 0.3) is 0 Å². The molecule has 3 aromatic carbocycles. The van der Waals surface area contributed by atoms with Gasteiger partial charge in [0.2, 0.25) is 21.8 Å². The summed E-state index contributed by atoms with van der Waals surface area (Å²) in [5.74, 6) is -0.839. The zero-order valence-electron chi connectivity index (χ0n) is 21.4. The van der Waals surface area contributed by atoms with Gasteiger partial charge in [0.1, 0.15) is 12.6 Å². The highest BCUT2D eigenvalue weighted by molar-refractivity contribution is 7.92. The third-order valence-corrected chi connectivity index (χ3v) is 7.46. The van der Waals surface area contributed by atoms with E-state index in [0.717, 1.165) is 32.8 Å². The van der Waals surface area contributed by atoms with Gasteiger partial charge in [-0.15, -0.1) is 0 Å². The maximum atomic E-state index is 13.9. The fraction of sp³-hybridized carbons (Fsp3) is 0.286. The Balaban J connectivity index is 2.04. The first-order valence-electron chi connectivity index (χ1n) is 11.8. The summed E-state index contributed by atoms with van der Waals surface area (Å²) in [4.78, 5) is 28.4. The fourth-order valence-electron chi connectivity index (χ4n) is 4.19. The van der Waals surface area contributed by atoms with Crippen LogP contribution in [0.25, 0.3) is 0 Å². The molecule has 3 rings (SSSR count). The summed E-state index contributed by atoms with van der Waals surface area (Å²) >= 11 is 6.05. The van der Waals surface area contributed by atoms with E-state index in [1.165, 1.54) is 11.9 Å². The molecule has 1 N–H and O–H groups in total. The highest BCUT2D eigenvalue weighted by Gasteiger charge is 2.32. The third kappa shape index (κ3) is 7.57. The number of carbonyl (C=O) groups is 2. The molecule has 37 heavy (non-hydrogen) atoms. The van der Waals surface area contributed by atoms with Crippen molar-refractivity contribution in [1.82, 2.24) is 10.2 Å². The molecule has 0 spiro atoms. The van der Waals surface area contributed by atoms with Gasteiger partial charge in [0.05, 0.1) is 11.9 Å². The number of benzene rings is 3. The molecule has 0 bridgehead atoms. The van der Waals surface area contributed by atoms with Crippen LogP contribution in [0.15, 0.2) is 72.8 Å². The van der Waals surface area contributed by atoms with Crippen molar-refractivity contribution in [3.63, 3.8) is 0 Å². The molecule has 196 valence electrons. The molecule has 0 unspecified atom stereocenters. The van der Waals surface area contributed by atoms with E-state index in [2.05, 4.69) is 5.32 Å². The van der Waals surface area contributed by atoms with Crippen molar-refractivity contribution in [2.75, 3.05) is 24.2 Å². The number of amides is 2. The predicted octanol–water partition coefficient (Wildman–Crippen LogP) is 4.11. The quantitative estimate of drug-likeness (QED) is 0.418. The van der Waals surface area contributed by atoms with Crippen LogP contribution in [-0.2, 0) is 32.6 Å². The zero-order valence-corrected chi connectivity index (χ0v) is 23.0. The van der Waals surface area contributed by atoms with Gasteiger partial charge >= 0.3 is 0 Å². The monoisotopic (exact) mass is 541 g/mol. The molecule has 9 heteroatoms. The number of rotatable bonds is 10. The van der Waals surface area contributed by atoms with Crippen LogP contribution in [0.2, 0.25) is 5.02 Å². The summed E-state index contributed by atoms with van der Waals surface area (Å²) in [7, 11) is -2.29. The van der Waals surface area contributed by atoms with Crippen LogP contribution in [0.5, 0.6) is 0 Å². The van der Waals surface area contributed by atoms with Gasteiger partial charge in [-0.1, -0.05) is 71.8 Å². The molecule has 1 atom stereocenters. The van der Waals surface area contributed by atoms with Crippen LogP contribution < -0.4 is 9.62 Å². The van der Waals surface area contributed by atoms with E-state index < -0.39 is 28.5 Å². The Morgan fingerprint density at radius 2 is 1.59 bits per heavy atom. The lowest BCUT2D eigenvalue weighted by molar-refractivity contribution is -0.139. The van der Waals surface area contributed by atoms with Gasteiger partial charge in [0.15, 0.2) is 0 Å². The third-order valence-electron chi connectivity index (χ3n) is 6.08. The van der Waals surface area contributed by atoms with E-state index in [4.69, 9.17) is 11.6 Å². The minimum Gasteiger partial charge on any atom is -0.357 e. The predicted molar refractivity (Wildman–Crippen MR) is 148 cm³/mol. The van der Waals surface area contributed by atoms with Gasteiger partial charge in [-0.2, -0.15) is 0 Å². The molecule has 0 radical (unpaired) electrons. The van der Waals surface area contributed by atoms with E-state index in [0.29, 0.717) is 10.7 Å². The molecule has 0 aromatic heterocycles. The molecule has 2 amide bonds. The maximum absolute atomic E-state index is 13.9. The first kappa shape index (κ1) is 28.2. The Morgan fingerprint density at radius 1 is 0.946 bits per heavy atom. The second-order valence-electron chi connectivity index (χ2n) is 9.03. The van der Waals surface area contributed by atoms with Gasteiger partial charge in [0, 0.05) is 25.0 Å². The first-order valence-corrected chi connectivity index (χ1v) is 14.1. The topological polar surface area (TPSA) is 86.8 Å². The van der Waals surface area contributed by atoms with Crippen LogP contribution in [0.4, 0.5) is 5.69 Å². The number of hydrogen-bond donors (Lipinski definition) is 1. The SMILES string of the molecule is CNC(=O)[C@@H](Cc1ccccc1)N(Cc1ccc(Cl)cc1)C(=O)CN(c1ccc(C)cc1C)S(C)(=O)=O. The minimum atomic E-state index is -3.80. The van der Waals surface area contributed by atoms with Crippen molar-refractivity contribution in [3.05, 3.63) is 100 Å². The molecule has 0 saturated heterocycles. The van der Waals surface area contributed by atoms with Crippen LogP contribution >= 0.6 is 11.6 Å². The van der Waals surface area contributed by atoms with Crippen LogP contribution in [0, 0.1) is 13.8 Å². The standard InChI is InChI=1S/C28H32ClN3O4S/c1-20-10-15-25(21(2)16-20)32(37(4,35)36)19-27(33)31(18-23-11-13-24(29)14-12-23)26(28(34)30-3)17-22-8-6-5-7-9-22/h5-16,26H,17-19H2,1-4H3,(H,30,34)/t26-/m1/s1. The summed E-state index contributed by atoms with van der Waals surface area (Å²) in [6.45, 7) is 3.38. The van der Waals surface area contributed by atoms with Crippen molar-refractivity contribution >= 4 is 39.1 Å². The molecular weight excluding hydrogens is 510 g/mol. The van der Waals surface area contributed by atoms with Crippen LogP contribution in [0.1, 0.15) is 22.3 Å². The summed E-state index contributed by atoms with van der Waals surface area (Å²) < 4.78 is 26.8. The molecule has 0 fully saturated rings. The molecule has 3 aromatic rings. The fourth-order valence-corrected chi connectivity index (χ4v) is 5.22. The smallest absolute Gasteiger partial charge is 0.244 e. The second kappa shape index (κ2) is 12.3. The van der Waals surface area contributed by atoms with Crippen molar-refractivity contribution < 1.29 is 18.0 Å². The number of hydrogen-bond acceptors (Lipinski definition) is 4. The van der Waals surface area contributed by atoms with Crippen molar-refractivity contribution in [3.8, 4) is 0 Å². The number of nitrogens with zero attached hydrogens (tertiary/aromatic N) is 2.